The minimum Gasteiger partial charge on any atom is -0.339 e. The normalized spacial score (nSPS) is 14.8. The molecule has 0 radical (unpaired) electrons. The molecule has 4 nitrogen and oxygen atoms in total. The first-order valence-electron chi connectivity index (χ1n) is 9.33. The molecule has 1 fully saturated rings. The highest BCUT2D eigenvalue weighted by atomic mass is 19.1. The maximum atomic E-state index is 14.4. The number of aromatic nitrogens is 2. The molecule has 138 valence electrons. The zero-order valence-corrected chi connectivity index (χ0v) is 15.2. The number of halogens is 1. The largest absolute Gasteiger partial charge is 0.339 e. The molecular formula is C23H19FN3O+. The molecule has 0 bridgehead atoms. The molecule has 0 saturated heterocycles. The Morgan fingerprint density at radius 2 is 1.68 bits per heavy atom. The summed E-state index contributed by atoms with van der Waals surface area (Å²) < 4.78 is 16.2. The molecule has 1 aliphatic carbocycles. The maximum Gasteiger partial charge on any atom is 0.296 e. The zero-order chi connectivity index (χ0) is 19.1. The molecule has 1 aliphatic rings. The quantitative estimate of drug-likeness (QED) is 0.523. The molecule has 28 heavy (non-hydrogen) atoms. The molecule has 2 N–H and O–H groups in total. The molecular weight excluding hydrogens is 353 g/mol. The first-order chi connectivity index (χ1) is 13.7. The van der Waals surface area contributed by atoms with E-state index in [1.807, 2.05) is 59.1 Å². The number of aromatic amines is 1. The Morgan fingerprint density at radius 3 is 2.43 bits per heavy atom. The van der Waals surface area contributed by atoms with Crippen LogP contribution >= 0.6 is 0 Å². The van der Waals surface area contributed by atoms with Crippen LogP contribution in [-0.2, 0) is 5.54 Å². The van der Waals surface area contributed by atoms with Gasteiger partial charge in [-0.25, -0.2) is 9.37 Å². The second-order valence-electron chi connectivity index (χ2n) is 7.19. The lowest BCUT2D eigenvalue weighted by Crippen LogP contribution is -2.35. The molecule has 1 saturated carbocycles. The van der Waals surface area contributed by atoms with Crippen molar-refractivity contribution in [3.63, 3.8) is 0 Å². The van der Waals surface area contributed by atoms with Crippen molar-refractivity contribution < 1.29 is 13.6 Å². The van der Waals surface area contributed by atoms with E-state index in [0.29, 0.717) is 22.6 Å². The minimum absolute atomic E-state index is 0.187. The molecule has 0 atom stereocenters. The fourth-order valence-corrected chi connectivity index (χ4v) is 3.76. The van der Waals surface area contributed by atoms with Crippen molar-refractivity contribution >= 4 is 11.4 Å². The summed E-state index contributed by atoms with van der Waals surface area (Å²) in [4.78, 5) is 16.3. The van der Waals surface area contributed by atoms with Gasteiger partial charge in [0.2, 0.25) is 5.69 Å². The number of carbonyl (C=O) groups excluding carboxylic acids is 1. The van der Waals surface area contributed by atoms with Gasteiger partial charge in [0.1, 0.15) is 11.4 Å². The number of hydrogen-bond donors (Lipinski definition) is 2. The van der Waals surface area contributed by atoms with E-state index >= 15 is 0 Å². The molecule has 2 heterocycles. The fourth-order valence-electron chi connectivity index (χ4n) is 3.76. The highest BCUT2D eigenvalue weighted by Crippen LogP contribution is 2.45. The molecule has 5 rings (SSSR count). The van der Waals surface area contributed by atoms with Gasteiger partial charge in [-0.1, -0.05) is 48.5 Å². The van der Waals surface area contributed by atoms with Crippen LogP contribution in [0, 0.1) is 5.82 Å². The first-order valence-corrected chi connectivity index (χ1v) is 9.33. The van der Waals surface area contributed by atoms with Crippen LogP contribution in [0.1, 0.15) is 28.9 Å². The van der Waals surface area contributed by atoms with Gasteiger partial charge < -0.3 is 5.32 Å². The SMILES string of the molecule is O=C(NC1(c2ccccc2)CC1)c1[nH]c(-c2ccccc2F)[n+]2ccccc12. The molecule has 2 aromatic heterocycles. The molecule has 4 aromatic rings. The lowest BCUT2D eigenvalue weighted by atomic mass is 10.0. The summed E-state index contributed by atoms with van der Waals surface area (Å²) in [5, 5.41) is 3.19. The predicted octanol–water partition coefficient (Wildman–Crippen LogP) is 3.98. The van der Waals surface area contributed by atoms with E-state index in [9.17, 15) is 9.18 Å². The number of imidazole rings is 1. The van der Waals surface area contributed by atoms with E-state index in [1.54, 1.807) is 18.2 Å². The number of amides is 1. The van der Waals surface area contributed by atoms with Crippen LogP contribution in [0.3, 0.4) is 0 Å². The average molecular weight is 372 g/mol. The number of nitrogens with one attached hydrogen (secondary N) is 2. The molecule has 0 aliphatic heterocycles. The Kier molecular flexibility index (Phi) is 3.76. The highest BCUT2D eigenvalue weighted by Gasteiger charge is 2.46. The van der Waals surface area contributed by atoms with Gasteiger partial charge in [-0.3, -0.25) is 4.79 Å². The van der Waals surface area contributed by atoms with E-state index in [4.69, 9.17) is 0 Å². The molecule has 0 spiro atoms. The van der Waals surface area contributed by atoms with Crippen molar-refractivity contribution in [2.24, 2.45) is 0 Å². The summed E-state index contributed by atoms with van der Waals surface area (Å²) >= 11 is 0. The summed E-state index contributed by atoms with van der Waals surface area (Å²) in [6.07, 6.45) is 3.65. The Bertz CT molecular complexity index is 1180. The number of benzene rings is 2. The van der Waals surface area contributed by atoms with Crippen LogP contribution in [0.2, 0.25) is 0 Å². The summed E-state index contributed by atoms with van der Waals surface area (Å²) in [5.74, 6) is 0.0213. The van der Waals surface area contributed by atoms with Crippen LogP contribution in [-0.4, -0.2) is 10.9 Å². The molecule has 5 heteroatoms. The van der Waals surface area contributed by atoms with Gasteiger partial charge >= 0.3 is 0 Å². The molecule has 2 aromatic carbocycles. The van der Waals surface area contributed by atoms with Crippen molar-refractivity contribution in [1.82, 2.24) is 10.3 Å². The van der Waals surface area contributed by atoms with Gasteiger partial charge in [0.15, 0.2) is 5.52 Å². The third-order valence-corrected chi connectivity index (χ3v) is 5.39. The summed E-state index contributed by atoms with van der Waals surface area (Å²) in [5.41, 5.74) is 2.37. The van der Waals surface area contributed by atoms with E-state index in [-0.39, 0.29) is 17.3 Å². The van der Waals surface area contributed by atoms with Gasteiger partial charge in [-0.05, 0) is 42.7 Å². The number of nitrogens with zero attached hydrogens (tertiary/aromatic N) is 1. The topological polar surface area (TPSA) is 49.0 Å². The fraction of sp³-hybridized carbons (Fsp3) is 0.130. The second kappa shape index (κ2) is 6.30. The Labute approximate surface area is 161 Å². The maximum absolute atomic E-state index is 14.4. The lowest BCUT2D eigenvalue weighted by molar-refractivity contribution is -0.498. The van der Waals surface area contributed by atoms with E-state index in [2.05, 4.69) is 10.3 Å². The first kappa shape index (κ1) is 16.7. The van der Waals surface area contributed by atoms with Crippen LogP contribution in [0.4, 0.5) is 4.39 Å². The van der Waals surface area contributed by atoms with Crippen LogP contribution < -0.4 is 9.72 Å². The van der Waals surface area contributed by atoms with Crippen molar-refractivity contribution in [3.8, 4) is 11.4 Å². The van der Waals surface area contributed by atoms with Crippen molar-refractivity contribution in [2.45, 2.75) is 18.4 Å². The van der Waals surface area contributed by atoms with Gasteiger partial charge in [0, 0.05) is 0 Å². The van der Waals surface area contributed by atoms with Gasteiger partial charge in [0.05, 0.1) is 11.7 Å². The number of H-pyrrole nitrogens is 1. The smallest absolute Gasteiger partial charge is 0.296 e. The van der Waals surface area contributed by atoms with Crippen molar-refractivity contribution in [1.29, 1.82) is 0 Å². The van der Waals surface area contributed by atoms with E-state index in [0.717, 1.165) is 18.4 Å². The Hall–Kier alpha value is -3.47. The molecule has 0 unspecified atom stereocenters. The summed E-state index contributed by atoms with van der Waals surface area (Å²) in [7, 11) is 0. The number of pyridine rings is 1. The number of carbonyl (C=O) groups is 1. The highest BCUT2D eigenvalue weighted by molar-refractivity contribution is 5.99. The zero-order valence-electron chi connectivity index (χ0n) is 15.2. The van der Waals surface area contributed by atoms with Gasteiger partial charge in [0.25, 0.3) is 11.7 Å². The van der Waals surface area contributed by atoms with Crippen molar-refractivity contribution in [3.05, 3.63) is 96.1 Å². The van der Waals surface area contributed by atoms with Crippen molar-refractivity contribution in [2.75, 3.05) is 0 Å². The second-order valence-corrected chi connectivity index (χ2v) is 7.19. The number of hydrogen-bond acceptors (Lipinski definition) is 1. The van der Waals surface area contributed by atoms with Crippen LogP contribution in [0.25, 0.3) is 16.9 Å². The number of rotatable bonds is 4. The predicted molar refractivity (Wildman–Crippen MR) is 104 cm³/mol. The van der Waals surface area contributed by atoms with E-state index < -0.39 is 0 Å². The van der Waals surface area contributed by atoms with Crippen LogP contribution in [0.15, 0.2) is 79.0 Å². The minimum atomic E-state index is -0.336. The summed E-state index contributed by atoms with van der Waals surface area (Å²) in [6.45, 7) is 0. The van der Waals surface area contributed by atoms with Crippen LogP contribution in [0.5, 0.6) is 0 Å². The third-order valence-electron chi connectivity index (χ3n) is 5.39. The summed E-state index contributed by atoms with van der Waals surface area (Å²) in [6, 6.07) is 22.2. The molecule has 1 amide bonds. The third kappa shape index (κ3) is 2.67. The monoisotopic (exact) mass is 372 g/mol. The Balaban J connectivity index is 1.57. The van der Waals surface area contributed by atoms with Gasteiger partial charge in [-0.15, -0.1) is 0 Å². The number of fused-ring (bicyclic) bond motifs is 1. The van der Waals surface area contributed by atoms with E-state index in [1.165, 1.54) is 6.07 Å². The standard InChI is InChI=1S/C23H18FN3O/c24-18-11-5-4-10-17(18)21-25-20(19-12-6-7-15-27(19)21)22(28)26-23(13-14-23)16-8-2-1-3-9-16/h1-12,15H,13-14H2,(H,26,28)/p+1. The lowest BCUT2D eigenvalue weighted by Gasteiger charge is -2.16. The van der Waals surface area contributed by atoms with Gasteiger partial charge in [-0.2, -0.15) is 4.40 Å². The average Bonchev–Trinajstić information content (AvgIpc) is 3.41. The Morgan fingerprint density at radius 1 is 0.964 bits per heavy atom.